The molecule has 2 aromatic rings. The Kier molecular flexibility index (Phi) is 9.48. The van der Waals surface area contributed by atoms with Gasteiger partial charge in [-0.2, -0.15) is 4.72 Å². The third-order valence-corrected chi connectivity index (χ3v) is 7.97. The van der Waals surface area contributed by atoms with Crippen LogP contribution in [-0.4, -0.2) is 53.5 Å². The highest BCUT2D eigenvalue weighted by Gasteiger charge is 2.23. The molecule has 0 amide bonds. The van der Waals surface area contributed by atoms with Crippen molar-refractivity contribution in [1.29, 1.82) is 0 Å². The van der Waals surface area contributed by atoms with Crippen LogP contribution >= 0.6 is 0 Å². The van der Waals surface area contributed by atoms with Gasteiger partial charge in [0.1, 0.15) is 6.04 Å². The number of aliphatic carboxylic acids is 1. The number of nitrogens with zero attached hydrogens (tertiary/aromatic N) is 2. The molecule has 0 bridgehead atoms. The second-order valence-corrected chi connectivity index (χ2v) is 11.1. The van der Waals surface area contributed by atoms with Crippen LogP contribution in [0.4, 0.5) is 0 Å². The highest BCUT2D eigenvalue weighted by Crippen LogP contribution is 2.16. The first-order chi connectivity index (χ1) is 17.1. The topological polar surface area (TPSA) is 140 Å². The zero-order valence-corrected chi connectivity index (χ0v) is 21.6. The van der Waals surface area contributed by atoms with Gasteiger partial charge in [-0.05, 0) is 62.9 Å². The Morgan fingerprint density at radius 2 is 2.00 bits per heavy atom. The van der Waals surface area contributed by atoms with Crippen LogP contribution in [0, 0.1) is 17.8 Å². The van der Waals surface area contributed by atoms with Crippen LogP contribution in [0.1, 0.15) is 51.0 Å². The molecule has 1 unspecified atom stereocenters. The molecule has 0 saturated carbocycles. The first-order valence-corrected chi connectivity index (χ1v) is 13.9. The lowest BCUT2D eigenvalue weighted by Crippen LogP contribution is -2.41. The number of aromatic nitrogens is 2. The van der Waals surface area contributed by atoms with Crippen LogP contribution in [0.2, 0.25) is 0 Å². The smallest absolute Gasteiger partial charge is 0.331 e. The fourth-order valence-electron chi connectivity index (χ4n) is 4.32. The number of piperidine rings is 1. The molecule has 1 atom stereocenters. The lowest BCUT2D eigenvalue weighted by Gasteiger charge is -2.22. The minimum atomic E-state index is -3.72. The Morgan fingerprint density at radius 1 is 1.28 bits per heavy atom. The minimum Gasteiger partial charge on any atom is -0.480 e. The van der Waals surface area contributed by atoms with E-state index in [0.717, 1.165) is 32.4 Å². The Morgan fingerprint density at radius 3 is 2.67 bits per heavy atom. The van der Waals surface area contributed by atoms with Gasteiger partial charge < -0.3 is 10.4 Å². The number of nitrogens with one attached hydrogen (secondary N) is 2. The quantitative estimate of drug-likeness (QED) is 0.399. The Bertz CT molecular complexity index is 1380. The zero-order chi connectivity index (χ0) is 26.3. The number of hydrogen-bond acceptors (Lipinski definition) is 6. The number of unbranched alkanes of at least 4 members (excludes halogenated alkanes) is 1. The average Bonchev–Trinajstić information content (AvgIpc) is 2.86. The van der Waals surface area contributed by atoms with Crippen molar-refractivity contribution in [3.05, 3.63) is 44.6 Å². The van der Waals surface area contributed by atoms with E-state index in [1.165, 1.54) is 9.13 Å². The lowest BCUT2D eigenvalue weighted by molar-refractivity contribution is -0.138. The van der Waals surface area contributed by atoms with E-state index in [1.807, 2.05) is 6.92 Å². The number of sulfonamides is 1. The molecule has 1 saturated heterocycles. The molecule has 36 heavy (non-hydrogen) atoms. The van der Waals surface area contributed by atoms with E-state index < -0.39 is 22.0 Å². The molecule has 1 aromatic heterocycles. The second kappa shape index (κ2) is 12.3. The number of hydrogen-bond donors (Lipinski definition) is 3. The zero-order valence-electron chi connectivity index (χ0n) is 20.7. The van der Waals surface area contributed by atoms with E-state index in [4.69, 9.17) is 0 Å². The van der Waals surface area contributed by atoms with Gasteiger partial charge in [0, 0.05) is 25.6 Å². The molecule has 1 aliphatic rings. The van der Waals surface area contributed by atoms with Crippen molar-refractivity contribution in [2.24, 2.45) is 13.0 Å². The standard InChI is InChI=1S/C25H34N4O6S/c1-3-4-16-36(34,35)27-21(24(31)32)7-5-6-19-8-9-22-20(17-19)23(30)29(25(33)28(22)2)15-12-18-10-13-26-14-11-18/h8-9,17-18,21,26-27H,3-4,7,10-16H2,1-2H3,(H,31,32). The highest BCUT2D eigenvalue weighted by molar-refractivity contribution is 7.89. The fraction of sp³-hybridized carbons (Fsp3) is 0.560. The van der Waals surface area contributed by atoms with Gasteiger partial charge in [-0.25, -0.2) is 13.2 Å². The van der Waals surface area contributed by atoms with E-state index >= 15 is 0 Å². The summed E-state index contributed by atoms with van der Waals surface area (Å²) >= 11 is 0. The van der Waals surface area contributed by atoms with E-state index in [-0.39, 0.29) is 23.4 Å². The molecular formula is C25H34N4O6S. The van der Waals surface area contributed by atoms with Crippen LogP contribution < -0.4 is 21.3 Å². The van der Waals surface area contributed by atoms with Crippen molar-refractivity contribution in [3.63, 3.8) is 0 Å². The molecular weight excluding hydrogens is 484 g/mol. The summed E-state index contributed by atoms with van der Waals surface area (Å²) in [5.41, 5.74) is 0.222. The van der Waals surface area contributed by atoms with Crippen molar-refractivity contribution in [2.45, 2.75) is 58.0 Å². The molecule has 1 aromatic carbocycles. The van der Waals surface area contributed by atoms with Crippen molar-refractivity contribution >= 4 is 26.9 Å². The number of carbonyl (C=O) groups is 1. The SMILES string of the molecule is CCCCS(=O)(=O)NC(CC#Cc1ccc2c(c1)c(=O)n(CCC1CCNCC1)c(=O)n2C)C(=O)O. The molecule has 3 N–H and O–H groups in total. The van der Waals surface area contributed by atoms with Gasteiger partial charge in [-0.1, -0.05) is 25.2 Å². The molecule has 196 valence electrons. The average molecular weight is 519 g/mol. The normalized spacial score (nSPS) is 15.4. The minimum absolute atomic E-state index is 0.145. The maximum absolute atomic E-state index is 13.2. The third-order valence-electron chi connectivity index (χ3n) is 6.50. The van der Waals surface area contributed by atoms with Crippen LogP contribution in [0.15, 0.2) is 27.8 Å². The van der Waals surface area contributed by atoms with Crippen LogP contribution in [0.3, 0.4) is 0 Å². The third kappa shape index (κ3) is 7.06. The maximum Gasteiger partial charge on any atom is 0.331 e. The molecule has 0 radical (unpaired) electrons. The maximum atomic E-state index is 13.2. The Balaban J connectivity index is 1.82. The van der Waals surface area contributed by atoms with Crippen molar-refractivity contribution in [3.8, 4) is 11.8 Å². The number of carboxylic acid groups (broad SMARTS) is 1. The number of rotatable bonds is 10. The molecule has 2 heterocycles. The first-order valence-electron chi connectivity index (χ1n) is 12.3. The van der Waals surface area contributed by atoms with Crippen LogP contribution in [0.25, 0.3) is 10.9 Å². The number of aryl methyl sites for hydroxylation is 1. The largest absolute Gasteiger partial charge is 0.480 e. The summed E-state index contributed by atoms with van der Waals surface area (Å²) in [5.74, 6) is 4.55. The Labute approximate surface area is 210 Å². The van der Waals surface area contributed by atoms with Gasteiger partial charge in [0.15, 0.2) is 0 Å². The van der Waals surface area contributed by atoms with Gasteiger partial charge in [0.2, 0.25) is 10.0 Å². The fourth-order valence-corrected chi connectivity index (χ4v) is 5.72. The molecule has 3 rings (SSSR count). The van der Waals surface area contributed by atoms with E-state index in [2.05, 4.69) is 21.9 Å². The van der Waals surface area contributed by atoms with Gasteiger partial charge in [0.05, 0.1) is 16.7 Å². The number of benzene rings is 1. The van der Waals surface area contributed by atoms with Crippen molar-refractivity contribution in [1.82, 2.24) is 19.2 Å². The van der Waals surface area contributed by atoms with E-state index in [0.29, 0.717) is 41.8 Å². The summed E-state index contributed by atoms with van der Waals surface area (Å²) in [7, 11) is -2.10. The second-order valence-electron chi connectivity index (χ2n) is 9.20. The monoisotopic (exact) mass is 518 g/mol. The van der Waals surface area contributed by atoms with E-state index in [1.54, 1.807) is 25.2 Å². The predicted octanol–water partition coefficient (Wildman–Crippen LogP) is 1.00. The highest BCUT2D eigenvalue weighted by atomic mass is 32.2. The summed E-state index contributed by atoms with van der Waals surface area (Å²) in [6, 6.07) is 3.51. The van der Waals surface area contributed by atoms with Gasteiger partial charge in [0.25, 0.3) is 5.56 Å². The van der Waals surface area contributed by atoms with Crippen molar-refractivity contribution < 1.29 is 18.3 Å². The van der Waals surface area contributed by atoms with Crippen molar-refractivity contribution in [2.75, 3.05) is 18.8 Å². The molecule has 10 nitrogen and oxygen atoms in total. The van der Waals surface area contributed by atoms with Crippen LogP contribution in [-0.2, 0) is 28.4 Å². The van der Waals surface area contributed by atoms with Crippen LogP contribution in [0.5, 0.6) is 0 Å². The summed E-state index contributed by atoms with van der Waals surface area (Å²) in [5, 5.41) is 13.1. The molecule has 0 spiro atoms. The van der Waals surface area contributed by atoms with E-state index in [9.17, 15) is 27.9 Å². The molecule has 1 fully saturated rings. The summed E-state index contributed by atoms with van der Waals surface area (Å²) in [6.07, 6.45) is 3.68. The predicted molar refractivity (Wildman–Crippen MR) is 138 cm³/mol. The number of carboxylic acids is 1. The molecule has 0 aliphatic carbocycles. The summed E-state index contributed by atoms with van der Waals surface area (Å²) in [6.45, 7) is 4.08. The number of fused-ring (bicyclic) bond motifs is 1. The summed E-state index contributed by atoms with van der Waals surface area (Å²) in [4.78, 5) is 37.5. The lowest BCUT2D eigenvalue weighted by atomic mass is 9.95. The summed E-state index contributed by atoms with van der Waals surface area (Å²) < 4.78 is 29.1. The Hall–Kier alpha value is -2.94. The first kappa shape index (κ1) is 27.6. The molecule has 11 heteroatoms. The van der Waals surface area contributed by atoms with Gasteiger partial charge in [-0.3, -0.25) is 18.7 Å². The molecule has 1 aliphatic heterocycles. The van der Waals surface area contributed by atoms with Gasteiger partial charge >= 0.3 is 11.7 Å². The van der Waals surface area contributed by atoms with Gasteiger partial charge in [-0.15, -0.1) is 0 Å².